The second-order valence-corrected chi connectivity index (χ2v) is 4.77. The molecule has 74 valence electrons. The summed E-state index contributed by atoms with van der Waals surface area (Å²) in [6.07, 6.45) is 0. The highest BCUT2D eigenvalue weighted by Gasteiger charge is 2.06. The molecule has 2 rings (SSSR count). The molecule has 0 radical (unpaired) electrons. The van der Waals surface area contributed by atoms with E-state index in [0.29, 0.717) is 0 Å². The summed E-state index contributed by atoms with van der Waals surface area (Å²) in [5, 5.41) is 15.6. The van der Waals surface area contributed by atoms with Crippen LogP contribution < -0.4 is 5.32 Å². The molecule has 2 aromatic heterocycles. The van der Waals surface area contributed by atoms with Crippen molar-refractivity contribution in [1.82, 2.24) is 15.5 Å². The number of nitrogens with zero attached hydrogens (tertiary/aromatic N) is 2. The van der Waals surface area contributed by atoms with Crippen LogP contribution >= 0.6 is 22.7 Å². The van der Waals surface area contributed by atoms with E-state index in [1.807, 2.05) is 6.07 Å². The summed E-state index contributed by atoms with van der Waals surface area (Å²) in [6, 6.07) is 4.10. The third-order valence-electron chi connectivity index (χ3n) is 1.73. The van der Waals surface area contributed by atoms with Gasteiger partial charge in [0.15, 0.2) is 5.01 Å². The lowest BCUT2D eigenvalue weighted by Crippen LogP contribution is -2.11. The van der Waals surface area contributed by atoms with Crippen molar-refractivity contribution in [3.8, 4) is 9.88 Å². The molecule has 0 amide bonds. The summed E-state index contributed by atoms with van der Waals surface area (Å²) in [5.41, 5.74) is 0. The van der Waals surface area contributed by atoms with E-state index in [4.69, 9.17) is 0 Å². The van der Waals surface area contributed by atoms with Crippen molar-refractivity contribution < 1.29 is 0 Å². The highest BCUT2D eigenvalue weighted by molar-refractivity contribution is 7.20. The van der Waals surface area contributed by atoms with Gasteiger partial charge in [-0.05, 0) is 18.0 Å². The molecule has 0 saturated heterocycles. The fraction of sp³-hybridized carbons (Fsp3) is 0.333. The molecule has 0 aliphatic heterocycles. The van der Waals surface area contributed by atoms with E-state index in [0.717, 1.165) is 23.1 Å². The molecule has 0 aliphatic rings. The van der Waals surface area contributed by atoms with Gasteiger partial charge >= 0.3 is 0 Å². The monoisotopic (exact) mass is 225 g/mol. The van der Waals surface area contributed by atoms with Crippen molar-refractivity contribution in [3.63, 3.8) is 0 Å². The maximum Gasteiger partial charge on any atom is 0.157 e. The van der Waals surface area contributed by atoms with Crippen molar-refractivity contribution in [3.05, 3.63) is 22.5 Å². The van der Waals surface area contributed by atoms with Gasteiger partial charge in [0.05, 0.1) is 4.88 Å². The van der Waals surface area contributed by atoms with Crippen LogP contribution in [-0.4, -0.2) is 16.7 Å². The number of aromatic nitrogens is 2. The maximum absolute atomic E-state index is 4.15. The van der Waals surface area contributed by atoms with Crippen LogP contribution in [0.3, 0.4) is 0 Å². The van der Waals surface area contributed by atoms with Gasteiger partial charge in [-0.25, -0.2) is 0 Å². The van der Waals surface area contributed by atoms with E-state index in [1.165, 1.54) is 4.88 Å². The van der Waals surface area contributed by atoms with Crippen LogP contribution in [0.2, 0.25) is 0 Å². The first kappa shape index (κ1) is 9.76. The Balaban J connectivity index is 2.10. The average molecular weight is 225 g/mol. The quantitative estimate of drug-likeness (QED) is 0.868. The van der Waals surface area contributed by atoms with E-state index in [9.17, 15) is 0 Å². The Hall–Kier alpha value is -0.780. The molecule has 0 aliphatic carbocycles. The third-order valence-corrected chi connectivity index (χ3v) is 3.69. The van der Waals surface area contributed by atoms with Gasteiger partial charge in [0.1, 0.15) is 5.01 Å². The highest BCUT2D eigenvalue weighted by atomic mass is 32.1. The van der Waals surface area contributed by atoms with Crippen molar-refractivity contribution >= 4 is 22.7 Å². The summed E-state index contributed by atoms with van der Waals surface area (Å²) in [7, 11) is 0. The van der Waals surface area contributed by atoms with Gasteiger partial charge in [0, 0.05) is 6.54 Å². The predicted octanol–water partition coefficient (Wildman–Crippen LogP) is 2.38. The highest BCUT2D eigenvalue weighted by Crippen LogP contribution is 2.27. The van der Waals surface area contributed by atoms with Gasteiger partial charge in [-0.15, -0.1) is 21.5 Å². The zero-order valence-corrected chi connectivity index (χ0v) is 9.49. The largest absolute Gasteiger partial charge is 0.311 e. The Labute approximate surface area is 90.8 Å². The first-order chi connectivity index (χ1) is 6.90. The first-order valence-electron chi connectivity index (χ1n) is 4.47. The van der Waals surface area contributed by atoms with E-state index >= 15 is 0 Å². The molecule has 2 aromatic rings. The molecule has 2 heterocycles. The Morgan fingerprint density at radius 1 is 1.43 bits per heavy atom. The van der Waals surface area contributed by atoms with Gasteiger partial charge in [0.2, 0.25) is 0 Å². The molecule has 0 atom stereocenters. The van der Waals surface area contributed by atoms with Crippen molar-refractivity contribution in [1.29, 1.82) is 0 Å². The van der Waals surface area contributed by atoms with E-state index < -0.39 is 0 Å². The Kier molecular flexibility index (Phi) is 3.23. The molecule has 0 saturated carbocycles. The molecule has 0 spiro atoms. The third kappa shape index (κ3) is 2.17. The number of nitrogens with one attached hydrogen (secondary N) is 1. The van der Waals surface area contributed by atoms with Gasteiger partial charge < -0.3 is 5.32 Å². The van der Waals surface area contributed by atoms with Gasteiger partial charge in [-0.3, -0.25) is 0 Å². The van der Waals surface area contributed by atoms with Gasteiger partial charge in [0.25, 0.3) is 0 Å². The molecule has 1 N–H and O–H groups in total. The van der Waals surface area contributed by atoms with Crippen LogP contribution in [0, 0.1) is 0 Å². The molecule has 3 nitrogen and oxygen atoms in total. The maximum atomic E-state index is 4.15. The lowest BCUT2D eigenvalue weighted by molar-refractivity contribution is 0.715. The topological polar surface area (TPSA) is 37.8 Å². The zero-order chi connectivity index (χ0) is 9.80. The van der Waals surface area contributed by atoms with Crippen LogP contribution in [0.1, 0.15) is 11.9 Å². The standard InChI is InChI=1S/C9H11N3S2/c1-2-10-6-8-11-12-9(14-8)7-4-3-5-13-7/h3-5,10H,2,6H2,1H3. The summed E-state index contributed by atoms with van der Waals surface area (Å²) >= 11 is 3.36. The SMILES string of the molecule is CCNCc1nnc(-c2cccs2)s1. The first-order valence-corrected chi connectivity index (χ1v) is 6.16. The number of hydrogen-bond acceptors (Lipinski definition) is 5. The normalized spacial score (nSPS) is 10.6. The minimum absolute atomic E-state index is 0.819. The van der Waals surface area contributed by atoms with E-state index in [-0.39, 0.29) is 0 Å². The minimum atomic E-state index is 0.819. The Morgan fingerprint density at radius 3 is 3.07 bits per heavy atom. The van der Waals surface area contributed by atoms with Crippen LogP contribution in [0.5, 0.6) is 0 Å². The second-order valence-electron chi connectivity index (χ2n) is 2.76. The molecule has 0 fully saturated rings. The van der Waals surface area contributed by atoms with Crippen LogP contribution in [-0.2, 0) is 6.54 Å². The lowest BCUT2D eigenvalue weighted by atomic mass is 10.5. The Bertz CT molecular complexity index is 380. The van der Waals surface area contributed by atoms with Crippen LogP contribution in [0.15, 0.2) is 17.5 Å². The van der Waals surface area contributed by atoms with Gasteiger partial charge in [-0.1, -0.05) is 24.3 Å². The summed E-state index contributed by atoms with van der Waals surface area (Å²) in [5.74, 6) is 0. The molecule has 5 heteroatoms. The second kappa shape index (κ2) is 4.63. The van der Waals surface area contributed by atoms with Crippen molar-refractivity contribution in [2.24, 2.45) is 0 Å². The fourth-order valence-corrected chi connectivity index (χ4v) is 2.66. The molecular weight excluding hydrogens is 214 g/mol. The summed E-state index contributed by atoms with van der Waals surface area (Å²) in [4.78, 5) is 1.20. The predicted molar refractivity (Wildman–Crippen MR) is 60.6 cm³/mol. The van der Waals surface area contributed by atoms with E-state index in [2.05, 4.69) is 33.9 Å². The van der Waals surface area contributed by atoms with E-state index in [1.54, 1.807) is 22.7 Å². The fourth-order valence-electron chi connectivity index (χ4n) is 1.06. The van der Waals surface area contributed by atoms with Gasteiger partial charge in [-0.2, -0.15) is 0 Å². The molecule has 14 heavy (non-hydrogen) atoms. The lowest BCUT2D eigenvalue weighted by Gasteiger charge is -1.93. The average Bonchev–Trinajstić information content (AvgIpc) is 2.85. The molecule has 0 bridgehead atoms. The number of hydrogen-bond donors (Lipinski definition) is 1. The zero-order valence-electron chi connectivity index (χ0n) is 7.86. The Morgan fingerprint density at radius 2 is 2.36 bits per heavy atom. The summed E-state index contributed by atoms with van der Waals surface area (Å²) in [6.45, 7) is 3.87. The van der Waals surface area contributed by atoms with Crippen LogP contribution in [0.25, 0.3) is 9.88 Å². The van der Waals surface area contributed by atoms with Crippen LogP contribution in [0.4, 0.5) is 0 Å². The summed E-state index contributed by atoms with van der Waals surface area (Å²) < 4.78 is 0. The molecule has 0 aromatic carbocycles. The number of rotatable bonds is 4. The van der Waals surface area contributed by atoms with Crippen molar-refractivity contribution in [2.75, 3.05) is 6.54 Å². The number of thiophene rings is 1. The minimum Gasteiger partial charge on any atom is -0.311 e. The van der Waals surface area contributed by atoms with Crippen molar-refractivity contribution in [2.45, 2.75) is 13.5 Å². The smallest absolute Gasteiger partial charge is 0.157 e. The molecular formula is C9H11N3S2. The molecule has 0 unspecified atom stereocenters.